The molecule has 0 unspecified atom stereocenters. The molecule has 0 aliphatic carbocycles. The van der Waals surface area contributed by atoms with Gasteiger partial charge >= 0.3 is 0 Å². The van der Waals surface area contributed by atoms with Gasteiger partial charge in [-0.15, -0.1) is 0 Å². The van der Waals surface area contributed by atoms with Crippen molar-refractivity contribution in [2.75, 3.05) is 0 Å². The second-order valence-electron chi connectivity index (χ2n) is 7.13. The van der Waals surface area contributed by atoms with Crippen molar-refractivity contribution >= 4 is 0 Å². The minimum atomic E-state index is -0.184. The Balaban J connectivity index is 2.86. The number of nitrogens with zero attached hydrogens (tertiary/aromatic N) is 1. The summed E-state index contributed by atoms with van der Waals surface area (Å²) in [6.45, 7) is 13.2. The Morgan fingerprint density at radius 3 is 1.88 bits per heavy atom. The molecular formula is C22H30FN. The summed E-state index contributed by atoms with van der Waals surface area (Å²) in [7, 11) is 0. The van der Waals surface area contributed by atoms with Crippen LogP contribution in [0.3, 0.4) is 0 Å². The fourth-order valence-corrected chi connectivity index (χ4v) is 3.48. The van der Waals surface area contributed by atoms with E-state index >= 15 is 0 Å². The summed E-state index contributed by atoms with van der Waals surface area (Å²) in [4.78, 5) is 5.09. The molecule has 0 N–H and O–H groups in total. The molecule has 0 fully saturated rings. The highest BCUT2D eigenvalue weighted by molar-refractivity contribution is 5.73. The molecule has 0 saturated carbocycles. The molecule has 0 aliphatic heterocycles. The van der Waals surface area contributed by atoms with Crippen LogP contribution >= 0.6 is 0 Å². The van der Waals surface area contributed by atoms with E-state index in [1.807, 2.05) is 12.1 Å². The third-order valence-electron chi connectivity index (χ3n) is 4.54. The highest BCUT2D eigenvalue weighted by atomic mass is 19.1. The van der Waals surface area contributed by atoms with Crippen molar-refractivity contribution in [3.05, 3.63) is 52.6 Å². The van der Waals surface area contributed by atoms with Gasteiger partial charge in [0.25, 0.3) is 0 Å². The Morgan fingerprint density at radius 1 is 0.875 bits per heavy atom. The molecule has 0 amide bonds. The number of hydrogen-bond donors (Lipinski definition) is 0. The molecule has 0 aliphatic rings. The van der Waals surface area contributed by atoms with Crippen LogP contribution in [0.4, 0.5) is 4.39 Å². The lowest BCUT2D eigenvalue weighted by molar-refractivity contribution is 0.628. The fourth-order valence-electron chi connectivity index (χ4n) is 3.48. The molecule has 2 aromatic rings. The Labute approximate surface area is 146 Å². The quantitative estimate of drug-likeness (QED) is 0.579. The van der Waals surface area contributed by atoms with Crippen molar-refractivity contribution < 1.29 is 4.39 Å². The zero-order valence-corrected chi connectivity index (χ0v) is 15.9. The zero-order chi connectivity index (χ0) is 17.9. The molecule has 0 saturated heterocycles. The summed E-state index contributed by atoms with van der Waals surface area (Å²) in [5, 5.41) is 0. The molecule has 130 valence electrons. The van der Waals surface area contributed by atoms with Crippen LogP contribution in [-0.2, 0) is 12.8 Å². The lowest BCUT2D eigenvalue weighted by atomic mass is 9.85. The van der Waals surface area contributed by atoms with Crippen molar-refractivity contribution in [1.29, 1.82) is 0 Å². The molecule has 0 bridgehead atoms. The predicted octanol–water partition coefficient (Wildman–Crippen LogP) is 6.65. The van der Waals surface area contributed by atoms with Gasteiger partial charge in [-0.25, -0.2) is 4.39 Å². The molecule has 24 heavy (non-hydrogen) atoms. The largest absolute Gasteiger partial charge is 0.257 e. The summed E-state index contributed by atoms with van der Waals surface area (Å²) in [5.74, 6) is 0.581. The summed E-state index contributed by atoms with van der Waals surface area (Å²) in [5.41, 5.74) is 7.48. The minimum absolute atomic E-state index is 0.184. The van der Waals surface area contributed by atoms with Crippen LogP contribution in [0.25, 0.3) is 11.1 Å². The van der Waals surface area contributed by atoms with E-state index < -0.39 is 0 Å². The van der Waals surface area contributed by atoms with E-state index in [9.17, 15) is 4.39 Å². The molecule has 2 rings (SSSR count). The van der Waals surface area contributed by atoms with E-state index in [1.54, 1.807) is 12.1 Å². The van der Waals surface area contributed by atoms with Crippen LogP contribution in [0.5, 0.6) is 0 Å². The van der Waals surface area contributed by atoms with Crippen LogP contribution in [-0.4, -0.2) is 4.98 Å². The van der Waals surface area contributed by atoms with Gasteiger partial charge in [0.2, 0.25) is 0 Å². The van der Waals surface area contributed by atoms with Crippen molar-refractivity contribution in [2.24, 2.45) is 0 Å². The first-order chi connectivity index (χ1) is 11.4. The Hall–Kier alpha value is -1.70. The summed E-state index contributed by atoms with van der Waals surface area (Å²) in [6.07, 6.45) is 3.04. The second-order valence-corrected chi connectivity index (χ2v) is 7.13. The first-order valence-corrected chi connectivity index (χ1v) is 9.22. The predicted molar refractivity (Wildman–Crippen MR) is 101 cm³/mol. The number of rotatable bonds is 6. The minimum Gasteiger partial charge on any atom is -0.257 e. The fraction of sp³-hybridized carbons (Fsp3) is 0.500. The average molecular weight is 327 g/mol. The van der Waals surface area contributed by atoms with Crippen molar-refractivity contribution in [3.8, 4) is 11.1 Å². The molecular weight excluding hydrogens is 297 g/mol. The van der Waals surface area contributed by atoms with Crippen molar-refractivity contribution in [3.63, 3.8) is 0 Å². The Kier molecular flexibility index (Phi) is 6.15. The average Bonchev–Trinajstić information content (AvgIpc) is 2.54. The van der Waals surface area contributed by atoms with Crippen LogP contribution in [0.1, 0.15) is 82.3 Å². The number of aromatic nitrogens is 1. The molecule has 2 heteroatoms. The highest BCUT2D eigenvalue weighted by Crippen LogP contribution is 2.37. The first-order valence-electron chi connectivity index (χ1n) is 9.22. The number of benzene rings is 1. The second kappa shape index (κ2) is 7.92. The molecule has 0 atom stereocenters. The van der Waals surface area contributed by atoms with E-state index in [4.69, 9.17) is 4.98 Å². The van der Waals surface area contributed by atoms with Crippen LogP contribution in [0.15, 0.2) is 24.3 Å². The molecule has 1 aromatic heterocycles. The van der Waals surface area contributed by atoms with Gasteiger partial charge in [-0.2, -0.15) is 0 Å². The number of pyridine rings is 1. The maximum atomic E-state index is 13.4. The molecule has 1 aromatic carbocycles. The maximum absolute atomic E-state index is 13.4. The van der Waals surface area contributed by atoms with Gasteiger partial charge < -0.3 is 0 Å². The highest BCUT2D eigenvalue weighted by Gasteiger charge is 2.22. The Bertz CT molecular complexity index is 684. The molecule has 0 spiro atoms. The number of hydrogen-bond acceptors (Lipinski definition) is 1. The standard InChI is InChI=1S/C22H30FN/c1-7-9-19-20(16-10-12-17(23)13-11-16)18(8-2)21(14(3)4)24-22(19)15(5)6/h10-15H,7-9H2,1-6H3. The van der Waals surface area contributed by atoms with E-state index in [-0.39, 0.29) is 5.82 Å². The van der Waals surface area contributed by atoms with Gasteiger partial charge in [-0.3, -0.25) is 4.98 Å². The monoisotopic (exact) mass is 327 g/mol. The SMILES string of the molecule is CCCc1c(C(C)C)nc(C(C)C)c(CC)c1-c1ccc(F)cc1. The van der Waals surface area contributed by atoms with Crippen LogP contribution in [0.2, 0.25) is 0 Å². The zero-order valence-electron chi connectivity index (χ0n) is 15.9. The van der Waals surface area contributed by atoms with E-state index in [0.29, 0.717) is 11.8 Å². The Morgan fingerprint density at radius 2 is 1.42 bits per heavy atom. The molecule has 1 heterocycles. The van der Waals surface area contributed by atoms with Gasteiger partial charge in [-0.1, -0.05) is 60.1 Å². The third kappa shape index (κ3) is 3.68. The van der Waals surface area contributed by atoms with Crippen LogP contribution in [0, 0.1) is 5.82 Å². The summed E-state index contributed by atoms with van der Waals surface area (Å²) >= 11 is 0. The maximum Gasteiger partial charge on any atom is 0.123 e. The van der Waals surface area contributed by atoms with Gasteiger partial charge in [0.1, 0.15) is 5.82 Å². The lowest BCUT2D eigenvalue weighted by Gasteiger charge is -2.24. The number of halogens is 1. The van der Waals surface area contributed by atoms with Gasteiger partial charge in [0, 0.05) is 11.4 Å². The molecule has 1 nitrogen and oxygen atoms in total. The van der Waals surface area contributed by atoms with Gasteiger partial charge in [0.15, 0.2) is 0 Å². The van der Waals surface area contributed by atoms with E-state index in [0.717, 1.165) is 24.8 Å². The normalized spacial score (nSPS) is 11.5. The summed E-state index contributed by atoms with van der Waals surface area (Å²) in [6, 6.07) is 6.96. The molecule has 0 radical (unpaired) electrons. The lowest BCUT2D eigenvalue weighted by Crippen LogP contribution is -2.12. The van der Waals surface area contributed by atoms with E-state index in [1.165, 1.54) is 28.1 Å². The van der Waals surface area contributed by atoms with Gasteiger partial charge in [-0.05, 0) is 59.1 Å². The smallest absolute Gasteiger partial charge is 0.123 e. The van der Waals surface area contributed by atoms with E-state index in [2.05, 4.69) is 41.5 Å². The van der Waals surface area contributed by atoms with Gasteiger partial charge in [0.05, 0.1) is 0 Å². The van der Waals surface area contributed by atoms with Crippen molar-refractivity contribution in [2.45, 2.75) is 72.6 Å². The topological polar surface area (TPSA) is 12.9 Å². The summed E-state index contributed by atoms with van der Waals surface area (Å²) < 4.78 is 13.4. The van der Waals surface area contributed by atoms with Crippen molar-refractivity contribution in [1.82, 2.24) is 4.98 Å². The third-order valence-corrected chi connectivity index (χ3v) is 4.54. The van der Waals surface area contributed by atoms with Crippen LogP contribution < -0.4 is 0 Å². The first kappa shape index (κ1) is 18.6.